The maximum Gasteiger partial charge on any atom is 0.303 e. The van der Waals surface area contributed by atoms with Crippen LogP contribution in [0.4, 0.5) is 0 Å². The number of esters is 1. The van der Waals surface area contributed by atoms with E-state index in [1.54, 1.807) is 0 Å². The summed E-state index contributed by atoms with van der Waals surface area (Å²) in [5.74, 6) is 1.36. The van der Waals surface area contributed by atoms with Gasteiger partial charge in [0.05, 0.1) is 6.10 Å². The van der Waals surface area contributed by atoms with Gasteiger partial charge in [-0.15, -0.1) is 0 Å². The van der Waals surface area contributed by atoms with Crippen LogP contribution in [0.25, 0.3) is 0 Å². The average molecular weight is 423 g/mol. The van der Waals surface area contributed by atoms with E-state index >= 15 is 0 Å². The van der Waals surface area contributed by atoms with Gasteiger partial charge < -0.3 is 18.6 Å². The number of rotatable bonds is 6. The van der Waals surface area contributed by atoms with E-state index in [0.717, 1.165) is 12.2 Å². The fraction of sp³-hybridized carbons (Fsp3) is 0.696. The minimum atomic E-state index is -2.00. The standard InChI is InChI=1S/C23H38O5Si/c1-10-18-21(25-17(4)24)15(2)16(3)22(26-18)27-19-13-11-12-14-20(19)28-29(8,9)23(5,6)7/h11-16,18,21-22H,10H2,1-9H3/t15-,16-,18-,21-,22+/m1/s1. The lowest BCUT2D eigenvalue weighted by atomic mass is 9.83. The second-order valence-electron chi connectivity index (χ2n) is 9.67. The highest BCUT2D eigenvalue weighted by molar-refractivity contribution is 6.74. The van der Waals surface area contributed by atoms with E-state index < -0.39 is 14.6 Å². The molecule has 2 rings (SSSR count). The van der Waals surface area contributed by atoms with Crippen LogP contribution in [0.1, 0.15) is 54.9 Å². The van der Waals surface area contributed by atoms with Gasteiger partial charge in [-0.25, -0.2) is 0 Å². The summed E-state index contributed by atoms with van der Waals surface area (Å²) < 4.78 is 24.7. The van der Waals surface area contributed by atoms with Gasteiger partial charge in [-0.3, -0.25) is 4.79 Å². The summed E-state index contributed by atoms with van der Waals surface area (Å²) in [5, 5.41) is 0.0911. The summed E-state index contributed by atoms with van der Waals surface area (Å²) in [6.45, 7) is 18.8. The van der Waals surface area contributed by atoms with Gasteiger partial charge in [0.25, 0.3) is 8.32 Å². The Bertz CT molecular complexity index is 695. The first kappa shape index (κ1) is 23.7. The van der Waals surface area contributed by atoms with Crippen molar-refractivity contribution in [2.45, 2.75) is 91.5 Å². The molecule has 6 heteroatoms. The molecule has 1 saturated heterocycles. The summed E-state index contributed by atoms with van der Waals surface area (Å²) in [5.41, 5.74) is 0. The van der Waals surface area contributed by atoms with Crippen molar-refractivity contribution < 1.29 is 23.4 Å². The summed E-state index contributed by atoms with van der Waals surface area (Å²) in [7, 11) is -2.00. The van der Waals surface area contributed by atoms with Crippen LogP contribution in [0.3, 0.4) is 0 Å². The lowest BCUT2D eigenvalue weighted by Crippen LogP contribution is -2.52. The van der Waals surface area contributed by atoms with Crippen LogP contribution < -0.4 is 9.16 Å². The number of hydrogen-bond acceptors (Lipinski definition) is 5. The van der Waals surface area contributed by atoms with Crippen molar-refractivity contribution in [1.82, 2.24) is 0 Å². The summed E-state index contributed by atoms with van der Waals surface area (Å²) in [6, 6.07) is 7.81. The summed E-state index contributed by atoms with van der Waals surface area (Å²) >= 11 is 0. The smallest absolute Gasteiger partial charge is 0.303 e. The van der Waals surface area contributed by atoms with E-state index in [0.29, 0.717) is 5.75 Å². The monoisotopic (exact) mass is 422 g/mol. The number of carbonyl (C=O) groups is 1. The Labute approximate surface area is 177 Å². The molecule has 0 unspecified atom stereocenters. The van der Waals surface area contributed by atoms with Crippen molar-refractivity contribution in [3.05, 3.63) is 24.3 Å². The van der Waals surface area contributed by atoms with E-state index in [2.05, 4.69) is 47.7 Å². The first-order valence-electron chi connectivity index (χ1n) is 10.6. The topological polar surface area (TPSA) is 54.0 Å². The quantitative estimate of drug-likeness (QED) is 0.429. The van der Waals surface area contributed by atoms with E-state index in [1.807, 2.05) is 31.2 Å². The second kappa shape index (κ2) is 9.09. The molecule has 0 aromatic heterocycles. The predicted molar refractivity (Wildman–Crippen MR) is 118 cm³/mol. The molecule has 1 heterocycles. The minimum Gasteiger partial charge on any atom is -0.541 e. The van der Waals surface area contributed by atoms with Crippen LogP contribution in [0.15, 0.2) is 24.3 Å². The van der Waals surface area contributed by atoms with Gasteiger partial charge >= 0.3 is 5.97 Å². The first-order chi connectivity index (χ1) is 13.4. The van der Waals surface area contributed by atoms with Crippen molar-refractivity contribution in [3.63, 3.8) is 0 Å². The molecule has 1 fully saturated rings. The molecule has 5 nitrogen and oxygen atoms in total. The largest absolute Gasteiger partial charge is 0.541 e. The molecule has 0 saturated carbocycles. The minimum absolute atomic E-state index is 0.0584. The van der Waals surface area contributed by atoms with Gasteiger partial charge in [0.15, 0.2) is 5.75 Å². The molecule has 0 bridgehead atoms. The van der Waals surface area contributed by atoms with Gasteiger partial charge in [-0.2, -0.15) is 0 Å². The summed E-state index contributed by atoms with van der Waals surface area (Å²) in [4.78, 5) is 11.5. The maximum atomic E-state index is 11.5. The van der Waals surface area contributed by atoms with Crippen molar-refractivity contribution in [2.24, 2.45) is 11.8 Å². The highest BCUT2D eigenvalue weighted by Gasteiger charge is 2.44. The highest BCUT2D eigenvalue weighted by atomic mass is 28.4. The third-order valence-electron chi connectivity index (χ3n) is 6.42. The molecule has 5 atom stereocenters. The molecule has 29 heavy (non-hydrogen) atoms. The SMILES string of the molecule is CC[C@H]1O[C@@H](Oc2ccccc2O[Si](C)(C)C(C)(C)C)[C@H](C)[C@@H](C)[C@H]1OC(C)=O. The van der Waals surface area contributed by atoms with E-state index in [9.17, 15) is 4.79 Å². The van der Waals surface area contributed by atoms with Crippen LogP contribution >= 0.6 is 0 Å². The van der Waals surface area contributed by atoms with Gasteiger partial charge in [0.2, 0.25) is 6.29 Å². The highest BCUT2D eigenvalue weighted by Crippen LogP contribution is 2.41. The first-order valence-corrected chi connectivity index (χ1v) is 13.6. The number of benzene rings is 1. The molecule has 0 spiro atoms. The number of hydrogen-bond donors (Lipinski definition) is 0. The normalized spacial score (nSPS) is 28.0. The average Bonchev–Trinajstić information content (AvgIpc) is 2.61. The zero-order valence-electron chi connectivity index (χ0n) is 19.4. The second-order valence-corrected chi connectivity index (χ2v) is 14.4. The zero-order valence-corrected chi connectivity index (χ0v) is 20.4. The van der Waals surface area contributed by atoms with Crippen LogP contribution in [0, 0.1) is 11.8 Å². The van der Waals surface area contributed by atoms with Crippen molar-refractivity contribution in [1.29, 1.82) is 0 Å². The van der Waals surface area contributed by atoms with Crippen molar-refractivity contribution in [3.8, 4) is 11.5 Å². The van der Waals surface area contributed by atoms with Crippen molar-refractivity contribution >= 4 is 14.3 Å². The molecule has 0 amide bonds. The molecule has 0 aliphatic carbocycles. The van der Waals surface area contributed by atoms with Crippen LogP contribution in [-0.4, -0.2) is 32.8 Å². The molecule has 1 aromatic carbocycles. The Kier molecular flexibility index (Phi) is 7.44. The van der Waals surface area contributed by atoms with Crippen LogP contribution in [0.2, 0.25) is 18.1 Å². The zero-order chi connectivity index (χ0) is 22.0. The Morgan fingerprint density at radius 1 is 1.10 bits per heavy atom. The molecule has 1 aromatic rings. The van der Waals surface area contributed by atoms with Crippen molar-refractivity contribution in [2.75, 3.05) is 0 Å². The molecule has 1 aliphatic rings. The molecule has 0 radical (unpaired) electrons. The van der Waals surface area contributed by atoms with Gasteiger partial charge in [-0.1, -0.05) is 53.7 Å². The molecular weight excluding hydrogens is 384 g/mol. The Hall–Kier alpha value is -1.53. The molecule has 0 N–H and O–H groups in total. The fourth-order valence-corrected chi connectivity index (χ4v) is 4.31. The third kappa shape index (κ3) is 5.54. The Morgan fingerprint density at radius 3 is 2.21 bits per heavy atom. The van der Waals surface area contributed by atoms with Crippen LogP contribution in [0.5, 0.6) is 11.5 Å². The Balaban J connectivity index is 2.23. The molecule has 164 valence electrons. The number of para-hydroxylation sites is 2. The fourth-order valence-electron chi connectivity index (χ4n) is 3.28. The molecule has 1 aliphatic heterocycles. The Morgan fingerprint density at radius 2 is 1.69 bits per heavy atom. The lowest BCUT2D eigenvalue weighted by Gasteiger charge is -2.44. The van der Waals surface area contributed by atoms with Gasteiger partial charge in [0.1, 0.15) is 11.9 Å². The van der Waals surface area contributed by atoms with Gasteiger partial charge in [-0.05, 0) is 36.7 Å². The van der Waals surface area contributed by atoms with E-state index in [4.69, 9.17) is 18.6 Å². The van der Waals surface area contributed by atoms with E-state index in [-0.39, 0.29) is 35.1 Å². The van der Waals surface area contributed by atoms with Crippen LogP contribution in [-0.2, 0) is 14.3 Å². The summed E-state index contributed by atoms with van der Waals surface area (Å²) in [6.07, 6.45) is -0.127. The van der Waals surface area contributed by atoms with E-state index in [1.165, 1.54) is 6.92 Å². The predicted octanol–water partition coefficient (Wildman–Crippen LogP) is 5.79. The number of carbonyl (C=O) groups excluding carboxylic acids is 1. The lowest BCUT2D eigenvalue weighted by molar-refractivity contribution is -0.239. The van der Waals surface area contributed by atoms with Gasteiger partial charge in [0, 0.05) is 18.8 Å². The third-order valence-corrected chi connectivity index (χ3v) is 10.8. The maximum absolute atomic E-state index is 11.5. The number of ether oxygens (including phenoxy) is 3. The molecular formula is C23H38O5Si.